The number of nitrogens with one attached hydrogen (secondary N) is 1. The van der Waals surface area contributed by atoms with E-state index in [0.29, 0.717) is 6.04 Å². The molecule has 0 saturated carbocycles. The average Bonchev–Trinajstić information content (AvgIpc) is 2.50. The van der Waals surface area contributed by atoms with Gasteiger partial charge in [-0.2, -0.15) is 0 Å². The Morgan fingerprint density at radius 3 is 2.52 bits per heavy atom. The van der Waals surface area contributed by atoms with Gasteiger partial charge in [-0.3, -0.25) is 0 Å². The van der Waals surface area contributed by atoms with Gasteiger partial charge in [0.2, 0.25) is 0 Å². The highest BCUT2D eigenvalue weighted by atomic mass is 35.5. The van der Waals surface area contributed by atoms with Gasteiger partial charge in [0, 0.05) is 11.1 Å². The first-order chi connectivity index (χ1) is 10.1. The smallest absolute Gasteiger partial charge is 0.0482 e. The second-order valence-electron chi connectivity index (χ2n) is 6.14. The molecule has 0 aromatic heterocycles. The van der Waals surface area contributed by atoms with E-state index in [4.69, 9.17) is 11.6 Å². The lowest BCUT2D eigenvalue weighted by molar-refractivity contribution is 0.353. The first-order valence-corrected chi connectivity index (χ1v) is 9.00. The van der Waals surface area contributed by atoms with Crippen LogP contribution in [0.15, 0.2) is 18.2 Å². The second-order valence-corrected chi connectivity index (χ2v) is 6.51. The van der Waals surface area contributed by atoms with Crippen LogP contribution >= 0.6 is 11.6 Å². The van der Waals surface area contributed by atoms with Gasteiger partial charge in [0.05, 0.1) is 0 Å². The van der Waals surface area contributed by atoms with Crippen molar-refractivity contribution in [3.8, 4) is 0 Å². The second kappa shape index (κ2) is 10.2. The van der Waals surface area contributed by atoms with Crippen LogP contribution in [0.3, 0.4) is 0 Å². The molecule has 0 saturated heterocycles. The van der Waals surface area contributed by atoms with Crippen molar-refractivity contribution in [1.29, 1.82) is 0 Å². The van der Waals surface area contributed by atoms with Crippen LogP contribution in [0.25, 0.3) is 0 Å². The minimum atomic E-state index is 0.388. The Morgan fingerprint density at radius 1 is 1.14 bits per heavy atom. The van der Waals surface area contributed by atoms with Crippen molar-refractivity contribution in [2.45, 2.75) is 72.3 Å². The van der Waals surface area contributed by atoms with Crippen molar-refractivity contribution in [1.82, 2.24) is 5.32 Å². The lowest BCUT2D eigenvalue weighted by Crippen LogP contribution is -2.25. The Balaban J connectivity index is 2.85. The third-order valence-electron chi connectivity index (χ3n) is 4.35. The molecule has 0 radical (unpaired) electrons. The van der Waals surface area contributed by atoms with Gasteiger partial charge in [0.15, 0.2) is 0 Å². The van der Waals surface area contributed by atoms with Crippen LogP contribution < -0.4 is 5.32 Å². The fraction of sp³-hybridized carbons (Fsp3) is 0.684. The van der Waals surface area contributed by atoms with E-state index in [2.05, 4.69) is 51.2 Å². The van der Waals surface area contributed by atoms with E-state index < -0.39 is 0 Å². The summed E-state index contributed by atoms with van der Waals surface area (Å²) in [5.41, 5.74) is 2.46. The highest BCUT2D eigenvalue weighted by Gasteiger charge is 2.19. The molecule has 0 aliphatic heterocycles. The molecule has 2 atom stereocenters. The van der Waals surface area contributed by atoms with Crippen LogP contribution in [0.2, 0.25) is 5.02 Å². The highest BCUT2D eigenvalue weighted by molar-refractivity contribution is 6.32. The zero-order valence-electron chi connectivity index (χ0n) is 14.2. The van der Waals surface area contributed by atoms with E-state index in [1.807, 2.05) is 0 Å². The summed E-state index contributed by atoms with van der Waals surface area (Å²) in [6, 6.07) is 6.80. The zero-order valence-corrected chi connectivity index (χ0v) is 15.0. The predicted octanol–water partition coefficient (Wildman–Crippen LogP) is 6.30. The summed E-state index contributed by atoms with van der Waals surface area (Å²) in [4.78, 5) is 0. The van der Waals surface area contributed by atoms with Crippen molar-refractivity contribution in [3.05, 3.63) is 34.3 Å². The molecule has 0 bridgehead atoms. The molecule has 0 spiro atoms. The van der Waals surface area contributed by atoms with Crippen LogP contribution in [0.5, 0.6) is 0 Å². The minimum absolute atomic E-state index is 0.388. The van der Waals surface area contributed by atoms with E-state index in [-0.39, 0.29) is 0 Å². The van der Waals surface area contributed by atoms with Crippen LogP contribution in [0.4, 0.5) is 0 Å². The number of rotatable bonds is 10. The number of halogens is 1. The van der Waals surface area contributed by atoms with Crippen LogP contribution in [-0.4, -0.2) is 6.54 Å². The molecule has 21 heavy (non-hydrogen) atoms. The van der Waals surface area contributed by atoms with E-state index in [0.717, 1.165) is 23.9 Å². The quantitative estimate of drug-likeness (QED) is 0.535. The summed E-state index contributed by atoms with van der Waals surface area (Å²) in [6.07, 6.45) is 7.56. The van der Waals surface area contributed by atoms with E-state index in [1.54, 1.807) is 0 Å². The molecular formula is C19H32ClN. The molecule has 0 amide bonds. The molecule has 2 heteroatoms. The van der Waals surface area contributed by atoms with Crippen molar-refractivity contribution in [3.63, 3.8) is 0 Å². The van der Waals surface area contributed by atoms with Gasteiger partial charge in [-0.05, 0) is 43.4 Å². The number of hydrogen-bond acceptors (Lipinski definition) is 1. The lowest BCUT2D eigenvalue weighted by atomic mass is 9.88. The SMILES string of the molecule is CCCCC(CC)CC(NCCC)c1cccc(C)c1Cl. The molecule has 120 valence electrons. The number of unbranched alkanes of at least 4 members (excludes halogenated alkanes) is 1. The largest absolute Gasteiger partial charge is 0.310 e. The molecule has 0 aliphatic carbocycles. The zero-order chi connectivity index (χ0) is 15.7. The maximum atomic E-state index is 6.56. The Labute approximate surface area is 136 Å². The maximum Gasteiger partial charge on any atom is 0.0482 e. The third-order valence-corrected chi connectivity index (χ3v) is 4.87. The monoisotopic (exact) mass is 309 g/mol. The Bertz CT molecular complexity index is 403. The molecular weight excluding hydrogens is 278 g/mol. The average molecular weight is 310 g/mol. The molecule has 1 nitrogen and oxygen atoms in total. The van der Waals surface area contributed by atoms with Crippen molar-refractivity contribution in [2.24, 2.45) is 5.92 Å². The van der Waals surface area contributed by atoms with Gasteiger partial charge in [-0.1, -0.05) is 76.3 Å². The van der Waals surface area contributed by atoms with Crippen LogP contribution in [-0.2, 0) is 0 Å². The molecule has 0 fully saturated rings. The van der Waals surface area contributed by atoms with Gasteiger partial charge in [-0.25, -0.2) is 0 Å². The topological polar surface area (TPSA) is 12.0 Å². The first kappa shape index (κ1) is 18.5. The fourth-order valence-electron chi connectivity index (χ4n) is 2.89. The number of benzene rings is 1. The molecule has 1 aromatic rings. The minimum Gasteiger partial charge on any atom is -0.310 e. The summed E-state index contributed by atoms with van der Waals surface area (Å²) in [7, 11) is 0. The van der Waals surface area contributed by atoms with Crippen LogP contribution in [0, 0.1) is 12.8 Å². The fourth-order valence-corrected chi connectivity index (χ4v) is 3.15. The standard InChI is InChI=1S/C19H32ClN/c1-5-8-11-16(7-3)14-18(21-13-6-2)17-12-9-10-15(4)19(17)20/h9-10,12,16,18,21H,5-8,11,13-14H2,1-4H3. The molecule has 2 unspecified atom stereocenters. The predicted molar refractivity (Wildman–Crippen MR) is 95.1 cm³/mol. The number of hydrogen-bond donors (Lipinski definition) is 1. The van der Waals surface area contributed by atoms with Crippen molar-refractivity contribution in [2.75, 3.05) is 6.54 Å². The van der Waals surface area contributed by atoms with Gasteiger partial charge < -0.3 is 5.32 Å². The third kappa shape index (κ3) is 6.00. The Kier molecular flexibility index (Phi) is 9.03. The van der Waals surface area contributed by atoms with Crippen LogP contribution in [0.1, 0.15) is 76.5 Å². The molecule has 1 aromatic carbocycles. The van der Waals surface area contributed by atoms with Gasteiger partial charge in [-0.15, -0.1) is 0 Å². The van der Waals surface area contributed by atoms with E-state index in [1.165, 1.54) is 43.2 Å². The summed E-state index contributed by atoms with van der Waals surface area (Å²) in [5, 5.41) is 4.65. The van der Waals surface area contributed by atoms with Gasteiger partial charge in [0.25, 0.3) is 0 Å². The molecule has 0 heterocycles. The van der Waals surface area contributed by atoms with Crippen molar-refractivity contribution < 1.29 is 0 Å². The summed E-state index contributed by atoms with van der Waals surface area (Å²) < 4.78 is 0. The summed E-state index contributed by atoms with van der Waals surface area (Å²) in [5.74, 6) is 0.788. The summed E-state index contributed by atoms with van der Waals surface area (Å²) in [6.45, 7) is 9.96. The first-order valence-electron chi connectivity index (χ1n) is 8.62. The normalized spacial score (nSPS) is 14.1. The Hall–Kier alpha value is -0.530. The molecule has 0 aliphatic rings. The van der Waals surface area contributed by atoms with Gasteiger partial charge >= 0.3 is 0 Å². The highest BCUT2D eigenvalue weighted by Crippen LogP contribution is 2.32. The van der Waals surface area contributed by atoms with Crippen molar-refractivity contribution >= 4 is 11.6 Å². The maximum absolute atomic E-state index is 6.56. The van der Waals surface area contributed by atoms with E-state index >= 15 is 0 Å². The molecule has 1 rings (SSSR count). The van der Waals surface area contributed by atoms with E-state index in [9.17, 15) is 0 Å². The number of aryl methyl sites for hydroxylation is 1. The molecule has 1 N–H and O–H groups in total. The Morgan fingerprint density at radius 2 is 1.90 bits per heavy atom. The lowest BCUT2D eigenvalue weighted by Gasteiger charge is -2.25. The van der Waals surface area contributed by atoms with Gasteiger partial charge in [0.1, 0.15) is 0 Å². The summed E-state index contributed by atoms with van der Waals surface area (Å²) >= 11 is 6.56.